The van der Waals surface area contributed by atoms with E-state index in [4.69, 9.17) is 9.47 Å². The number of ketones is 1. The van der Waals surface area contributed by atoms with E-state index in [1.54, 1.807) is 37.4 Å². The molecule has 2 rings (SSSR count). The number of carbonyl (C=O) groups excluding carboxylic acids is 1. The smallest absolute Gasteiger partial charge is 0.200 e. The molecule has 0 N–H and O–H groups in total. The Labute approximate surface area is 134 Å². The van der Waals surface area contributed by atoms with Gasteiger partial charge in [0, 0.05) is 10.0 Å². The zero-order valence-corrected chi connectivity index (χ0v) is 13.9. The van der Waals surface area contributed by atoms with Crippen LogP contribution in [0.1, 0.15) is 10.4 Å². The van der Waals surface area contributed by atoms with Crippen LogP contribution >= 0.6 is 31.9 Å². The maximum Gasteiger partial charge on any atom is 0.200 e. The molecule has 0 fully saturated rings. The van der Waals surface area contributed by atoms with Crippen LogP contribution < -0.4 is 9.47 Å². The van der Waals surface area contributed by atoms with E-state index < -0.39 is 0 Å². The van der Waals surface area contributed by atoms with Crippen molar-refractivity contribution in [3.05, 3.63) is 57.0 Å². The predicted molar refractivity (Wildman–Crippen MR) is 84.7 cm³/mol. The molecule has 0 saturated heterocycles. The summed E-state index contributed by atoms with van der Waals surface area (Å²) < 4.78 is 12.4. The van der Waals surface area contributed by atoms with Gasteiger partial charge < -0.3 is 9.47 Å². The number of hydrogen-bond acceptors (Lipinski definition) is 3. The van der Waals surface area contributed by atoms with Crippen LogP contribution in [-0.4, -0.2) is 19.5 Å². The van der Waals surface area contributed by atoms with E-state index >= 15 is 0 Å². The fourth-order valence-electron chi connectivity index (χ4n) is 1.62. The van der Waals surface area contributed by atoms with Crippen molar-refractivity contribution < 1.29 is 14.3 Å². The third kappa shape index (κ3) is 3.84. The number of methoxy groups -OCH3 is 1. The summed E-state index contributed by atoms with van der Waals surface area (Å²) in [5, 5.41) is 0. The van der Waals surface area contributed by atoms with Crippen molar-refractivity contribution >= 4 is 37.6 Å². The summed E-state index contributed by atoms with van der Waals surface area (Å²) in [5.41, 5.74) is 0.567. The Bertz CT molecular complexity index is 626. The van der Waals surface area contributed by atoms with Gasteiger partial charge in [0.05, 0.1) is 11.6 Å². The quantitative estimate of drug-likeness (QED) is 0.695. The molecule has 0 saturated carbocycles. The molecule has 0 heterocycles. The molecule has 0 unspecified atom stereocenters. The summed E-state index contributed by atoms with van der Waals surface area (Å²) in [5.74, 6) is 1.18. The molecular formula is C15H12Br2O3. The summed E-state index contributed by atoms with van der Waals surface area (Å²) in [7, 11) is 1.57. The van der Waals surface area contributed by atoms with Crippen LogP contribution in [0.5, 0.6) is 11.5 Å². The number of rotatable bonds is 5. The Kier molecular flexibility index (Phi) is 5.20. The van der Waals surface area contributed by atoms with Crippen LogP contribution in [0, 0.1) is 0 Å². The van der Waals surface area contributed by atoms with Gasteiger partial charge >= 0.3 is 0 Å². The Hall–Kier alpha value is -1.33. The van der Waals surface area contributed by atoms with Gasteiger partial charge in [-0.25, -0.2) is 0 Å². The number of carbonyl (C=O) groups is 1. The highest BCUT2D eigenvalue weighted by molar-refractivity contribution is 9.11. The normalized spacial score (nSPS) is 10.2. The van der Waals surface area contributed by atoms with Gasteiger partial charge in [-0.05, 0) is 46.3 Å². The lowest BCUT2D eigenvalue weighted by molar-refractivity contribution is 0.0920. The van der Waals surface area contributed by atoms with Gasteiger partial charge in [-0.15, -0.1) is 0 Å². The van der Waals surface area contributed by atoms with E-state index in [-0.39, 0.29) is 12.4 Å². The van der Waals surface area contributed by atoms with Gasteiger partial charge in [0.2, 0.25) is 0 Å². The average molecular weight is 400 g/mol. The molecular weight excluding hydrogens is 388 g/mol. The molecule has 2 aromatic rings. The van der Waals surface area contributed by atoms with Crippen LogP contribution in [-0.2, 0) is 0 Å². The molecule has 0 atom stereocenters. The average Bonchev–Trinajstić information content (AvgIpc) is 2.46. The maximum absolute atomic E-state index is 12.1. The van der Waals surface area contributed by atoms with Gasteiger partial charge in [-0.1, -0.05) is 28.1 Å². The number of Topliss-reactive ketones (excluding diaryl/α,β-unsaturated/α-hetero) is 1. The molecule has 0 aliphatic carbocycles. The number of hydrogen-bond donors (Lipinski definition) is 0. The largest absolute Gasteiger partial charge is 0.497 e. The first-order valence-corrected chi connectivity index (χ1v) is 7.44. The summed E-state index contributed by atoms with van der Waals surface area (Å²) in [6.45, 7) is -0.0204. The molecule has 0 spiro atoms. The standard InChI is InChI=1S/C15H12Br2O3/c1-19-12-4-2-3-10(7-12)14(18)9-20-15-6-5-11(16)8-13(15)17/h2-8H,9H2,1H3. The van der Waals surface area contributed by atoms with Gasteiger partial charge in [0.1, 0.15) is 11.5 Å². The number of ether oxygens (including phenoxy) is 2. The van der Waals surface area contributed by atoms with E-state index in [1.165, 1.54) is 0 Å². The molecule has 0 aromatic heterocycles. The van der Waals surface area contributed by atoms with Crippen LogP contribution in [0.25, 0.3) is 0 Å². The summed E-state index contributed by atoms with van der Waals surface area (Å²) in [4.78, 5) is 12.1. The third-order valence-electron chi connectivity index (χ3n) is 2.64. The molecule has 104 valence electrons. The summed E-state index contributed by atoms with van der Waals surface area (Å²) in [6.07, 6.45) is 0. The number of benzene rings is 2. The summed E-state index contributed by atoms with van der Waals surface area (Å²) in [6, 6.07) is 12.5. The van der Waals surface area contributed by atoms with Gasteiger partial charge in [-0.3, -0.25) is 4.79 Å². The highest BCUT2D eigenvalue weighted by atomic mass is 79.9. The lowest BCUT2D eigenvalue weighted by atomic mass is 10.1. The minimum atomic E-state index is -0.0984. The monoisotopic (exact) mass is 398 g/mol. The highest BCUT2D eigenvalue weighted by Gasteiger charge is 2.09. The minimum Gasteiger partial charge on any atom is -0.497 e. The van der Waals surface area contributed by atoms with Crippen LogP contribution in [0.2, 0.25) is 0 Å². The zero-order chi connectivity index (χ0) is 14.5. The van der Waals surface area contributed by atoms with Crippen molar-refractivity contribution in [2.75, 3.05) is 13.7 Å². The predicted octanol–water partition coefficient (Wildman–Crippen LogP) is 4.48. The van der Waals surface area contributed by atoms with Crippen molar-refractivity contribution in [1.29, 1.82) is 0 Å². The highest BCUT2D eigenvalue weighted by Crippen LogP contribution is 2.28. The lowest BCUT2D eigenvalue weighted by Crippen LogP contribution is -2.11. The first-order chi connectivity index (χ1) is 9.60. The Morgan fingerprint density at radius 3 is 2.65 bits per heavy atom. The van der Waals surface area contributed by atoms with Crippen molar-refractivity contribution in [2.24, 2.45) is 0 Å². The SMILES string of the molecule is COc1cccc(C(=O)COc2ccc(Br)cc2Br)c1. The second kappa shape index (κ2) is 6.90. The van der Waals surface area contributed by atoms with Gasteiger partial charge in [-0.2, -0.15) is 0 Å². The van der Waals surface area contributed by atoms with E-state index in [1.807, 2.05) is 12.1 Å². The second-order valence-electron chi connectivity index (χ2n) is 4.02. The molecule has 0 bridgehead atoms. The molecule has 20 heavy (non-hydrogen) atoms. The van der Waals surface area contributed by atoms with Crippen LogP contribution in [0.3, 0.4) is 0 Å². The summed E-state index contributed by atoms with van der Waals surface area (Å²) >= 11 is 6.75. The van der Waals surface area contributed by atoms with Crippen molar-refractivity contribution in [1.82, 2.24) is 0 Å². The Morgan fingerprint density at radius 1 is 1.15 bits per heavy atom. The topological polar surface area (TPSA) is 35.5 Å². The van der Waals surface area contributed by atoms with Gasteiger partial charge in [0.25, 0.3) is 0 Å². The molecule has 3 nitrogen and oxygen atoms in total. The first kappa shape index (κ1) is 15.1. The van der Waals surface area contributed by atoms with E-state index in [0.717, 1.165) is 8.95 Å². The van der Waals surface area contributed by atoms with E-state index in [9.17, 15) is 4.79 Å². The third-order valence-corrected chi connectivity index (χ3v) is 3.76. The lowest BCUT2D eigenvalue weighted by Gasteiger charge is -2.08. The molecule has 0 aliphatic heterocycles. The number of halogens is 2. The maximum atomic E-state index is 12.1. The van der Waals surface area contributed by atoms with E-state index in [2.05, 4.69) is 31.9 Å². The van der Waals surface area contributed by atoms with Crippen molar-refractivity contribution in [3.8, 4) is 11.5 Å². The fourth-order valence-corrected chi connectivity index (χ4v) is 2.78. The zero-order valence-electron chi connectivity index (χ0n) is 10.7. The molecule has 5 heteroatoms. The second-order valence-corrected chi connectivity index (χ2v) is 5.79. The molecule has 0 amide bonds. The molecule has 0 radical (unpaired) electrons. The molecule has 0 aliphatic rings. The van der Waals surface area contributed by atoms with Crippen molar-refractivity contribution in [2.45, 2.75) is 0 Å². The van der Waals surface area contributed by atoms with Crippen LogP contribution in [0.4, 0.5) is 0 Å². The Balaban J connectivity index is 2.04. The molecule has 2 aromatic carbocycles. The first-order valence-electron chi connectivity index (χ1n) is 5.85. The van der Waals surface area contributed by atoms with Gasteiger partial charge in [0.15, 0.2) is 12.4 Å². The Morgan fingerprint density at radius 2 is 1.95 bits per heavy atom. The van der Waals surface area contributed by atoms with Crippen LogP contribution in [0.15, 0.2) is 51.4 Å². The van der Waals surface area contributed by atoms with Crippen molar-refractivity contribution in [3.63, 3.8) is 0 Å². The minimum absolute atomic E-state index is 0.0204. The fraction of sp³-hybridized carbons (Fsp3) is 0.133. The van der Waals surface area contributed by atoms with E-state index in [0.29, 0.717) is 17.1 Å².